The molecule has 176 valence electrons. The Morgan fingerprint density at radius 1 is 1.03 bits per heavy atom. The molecule has 0 spiro atoms. The molecular weight excluding hydrogens is 418 g/mol. The summed E-state index contributed by atoms with van der Waals surface area (Å²) in [7, 11) is 1.31. The fourth-order valence-corrected chi connectivity index (χ4v) is 5.44. The smallest absolute Gasteiger partial charge is 0.337 e. The monoisotopic (exact) mass is 451 g/mol. The minimum absolute atomic E-state index is 0.0921. The molecule has 4 rings (SSSR count). The first-order chi connectivity index (χ1) is 15.8. The molecule has 0 bridgehead atoms. The van der Waals surface area contributed by atoms with Gasteiger partial charge in [0.2, 0.25) is 0 Å². The number of aryl methyl sites for hydroxylation is 1. The van der Waals surface area contributed by atoms with Gasteiger partial charge in [-0.25, -0.2) is 4.79 Å². The van der Waals surface area contributed by atoms with Crippen molar-refractivity contribution in [3.05, 3.63) is 57.9 Å². The summed E-state index contributed by atoms with van der Waals surface area (Å²) in [6.07, 6.45) is 5.47. The van der Waals surface area contributed by atoms with Crippen LogP contribution in [0.4, 0.5) is 0 Å². The SMILES string of the molecule is COC(=O)[C@@H]1C(=O)C2=C(C[C@H]1C)NC(C)=C(C(=O)OC1CCCCC1)[C@@H]2c1ccc(C)cc1. The number of nitrogens with one attached hydrogen (secondary N) is 1. The number of carbonyl (C=O) groups excluding carboxylic acids is 3. The summed E-state index contributed by atoms with van der Waals surface area (Å²) in [4.78, 5) is 39.7. The van der Waals surface area contributed by atoms with Gasteiger partial charge in [0, 0.05) is 22.9 Å². The zero-order valence-electron chi connectivity index (χ0n) is 19.9. The largest absolute Gasteiger partial charge is 0.468 e. The van der Waals surface area contributed by atoms with Crippen molar-refractivity contribution in [3.63, 3.8) is 0 Å². The van der Waals surface area contributed by atoms with E-state index >= 15 is 0 Å². The van der Waals surface area contributed by atoms with Crippen LogP contribution >= 0.6 is 0 Å². The topological polar surface area (TPSA) is 81.7 Å². The van der Waals surface area contributed by atoms with Crippen LogP contribution < -0.4 is 5.32 Å². The molecular formula is C27H33NO5. The predicted molar refractivity (Wildman–Crippen MR) is 124 cm³/mol. The second kappa shape index (κ2) is 9.54. The maximum absolute atomic E-state index is 13.7. The standard InChI is InChI=1S/C27H33NO5/c1-15-10-12-18(13-11-15)23-22(27(31)33-19-8-6-5-7-9-19)17(3)28-20-14-16(2)21(26(30)32-4)25(29)24(20)23/h10-13,16,19,21,23,28H,5-9,14H2,1-4H3/t16-,21+,23+/m1/s1. The maximum Gasteiger partial charge on any atom is 0.337 e. The molecule has 6 heteroatoms. The first-order valence-corrected chi connectivity index (χ1v) is 11.9. The summed E-state index contributed by atoms with van der Waals surface area (Å²) in [6.45, 7) is 5.75. The van der Waals surface area contributed by atoms with Crippen LogP contribution in [0.15, 0.2) is 46.8 Å². The van der Waals surface area contributed by atoms with Gasteiger partial charge in [-0.1, -0.05) is 43.2 Å². The van der Waals surface area contributed by atoms with Crippen molar-refractivity contribution in [1.29, 1.82) is 0 Å². The van der Waals surface area contributed by atoms with Crippen LogP contribution in [-0.4, -0.2) is 30.9 Å². The lowest BCUT2D eigenvalue weighted by molar-refractivity contribution is -0.151. The van der Waals surface area contributed by atoms with Crippen LogP contribution in [0.2, 0.25) is 0 Å². The molecule has 1 saturated carbocycles. The third-order valence-corrected chi connectivity index (χ3v) is 7.20. The van der Waals surface area contributed by atoms with E-state index in [0.29, 0.717) is 23.3 Å². The van der Waals surface area contributed by atoms with E-state index in [2.05, 4.69) is 5.32 Å². The quantitative estimate of drug-likeness (QED) is 0.537. The minimum Gasteiger partial charge on any atom is -0.468 e. The second-order valence-electron chi connectivity index (χ2n) is 9.61. The number of hydrogen-bond acceptors (Lipinski definition) is 6. The number of carbonyl (C=O) groups is 3. The van der Waals surface area contributed by atoms with Gasteiger partial charge in [0.15, 0.2) is 5.78 Å². The van der Waals surface area contributed by atoms with E-state index in [1.54, 1.807) is 0 Å². The van der Waals surface area contributed by atoms with Gasteiger partial charge in [-0.05, 0) is 57.4 Å². The van der Waals surface area contributed by atoms with Gasteiger partial charge in [-0.15, -0.1) is 0 Å². The zero-order valence-corrected chi connectivity index (χ0v) is 19.9. The Morgan fingerprint density at radius 3 is 2.33 bits per heavy atom. The maximum atomic E-state index is 13.7. The van der Waals surface area contributed by atoms with E-state index < -0.39 is 17.8 Å². The molecule has 0 unspecified atom stereocenters. The number of dihydropyridines is 1. The van der Waals surface area contributed by atoms with Crippen molar-refractivity contribution in [3.8, 4) is 0 Å². The molecule has 3 aliphatic rings. The summed E-state index contributed by atoms with van der Waals surface area (Å²) in [5.41, 5.74) is 4.35. The number of Topliss-reactive ketones (excluding diaryl/α,β-unsaturated/α-hetero) is 1. The van der Waals surface area contributed by atoms with Gasteiger partial charge in [0.05, 0.1) is 12.7 Å². The molecule has 1 aromatic carbocycles. The molecule has 6 nitrogen and oxygen atoms in total. The Bertz CT molecular complexity index is 1010. The third-order valence-electron chi connectivity index (χ3n) is 7.20. The summed E-state index contributed by atoms with van der Waals surface area (Å²) >= 11 is 0. The van der Waals surface area contributed by atoms with Crippen molar-refractivity contribution in [2.24, 2.45) is 11.8 Å². The highest BCUT2D eigenvalue weighted by Gasteiger charge is 2.47. The molecule has 1 fully saturated rings. The Kier molecular flexibility index (Phi) is 6.73. The number of esters is 2. The predicted octanol–water partition coefficient (Wildman–Crippen LogP) is 4.48. The van der Waals surface area contributed by atoms with Gasteiger partial charge < -0.3 is 14.8 Å². The highest BCUT2D eigenvalue weighted by atomic mass is 16.5. The number of benzene rings is 1. The second-order valence-corrected chi connectivity index (χ2v) is 9.61. The van der Waals surface area contributed by atoms with Crippen LogP contribution in [0.25, 0.3) is 0 Å². The molecule has 3 atom stereocenters. The third kappa shape index (κ3) is 4.48. The molecule has 1 heterocycles. The summed E-state index contributed by atoms with van der Waals surface area (Å²) in [6, 6.07) is 7.86. The molecule has 1 N–H and O–H groups in total. The van der Waals surface area contributed by atoms with Crippen molar-refractivity contribution in [2.75, 3.05) is 7.11 Å². The molecule has 0 saturated heterocycles. The number of ether oxygens (including phenoxy) is 2. The Labute approximate surface area is 195 Å². The lowest BCUT2D eigenvalue weighted by Gasteiger charge is -2.38. The number of methoxy groups -OCH3 is 1. The number of rotatable bonds is 4. The van der Waals surface area contributed by atoms with E-state index in [1.807, 2.05) is 45.0 Å². The minimum atomic E-state index is -0.877. The Morgan fingerprint density at radius 2 is 1.70 bits per heavy atom. The fraction of sp³-hybridized carbons (Fsp3) is 0.519. The van der Waals surface area contributed by atoms with Crippen LogP contribution in [0.5, 0.6) is 0 Å². The molecule has 1 aliphatic heterocycles. The molecule has 33 heavy (non-hydrogen) atoms. The molecule has 2 aliphatic carbocycles. The Balaban J connectivity index is 1.77. The summed E-state index contributed by atoms with van der Waals surface area (Å²) < 4.78 is 10.9. The van der Waals surface area contributed by atoms with Crippen molar-refractivity contribution in [2.45, 2.75) is 71.3 Å². The van der Waals surface area contributed by atoms with Crippen LogP contribution in [0, 0.1) is 18.8 Å². The van der Waals surface area contributed by atoms with E-state index in [1.165, 1.54) is 13.5 Å². The van der Waals surface area contributed by atoms with E-state index in [9.17, 15) is 14.4 Å². The molecule has 0 amide bonds. The lowest BCUT2D eigenvalue weighted by atomic mass is 9.69. The van der Waals surface area contributed by atoms with E-state index in [4.69, 9.17) is 9.47 Å². The molecule has 1 aromatic rings. The van der Waals surface area contributed by atoms with Gasteiger partial charge in [0.25, 0.3) is 0 Å². The number of hydrogen-bond donors (Lipinski definition) is 1. The summed E-state index contributed by atoms with van der Waals surface area (Å²) in [5.74, 6) is -2.84. The van der Waals surface area contributed by atoms with Crippen LogP contribution in [-0.2, 0) is 23.9 Å². The van der Waals surface area contributed by atoms with Crippen molar-refractivity contribution in [1.82, 2.24) is 5.32 Å². The zero-order chi connectivity index (χ0) is 23.7. The highest BCUT2D eigenvalue weighted by Crippen LogP contribution is 2.45. The molecule has 0 radical (unpaired) electrons. The first-order valence-electron chi connectivity index (χ1n) is 11.9. The fourth-order valence-electron chi connectivity index (χ4n) is 5.44. The molecule has 0 aromatic heterocycles. The first kappa shape index (κ1) is 23.3. The van der Waals surface area contributed by atoms with Crippen LogP contribution in [0.1, 0.15) is 69.4 Å². The number of allylic oxidation sites excluding steroid dienone is 3. The van der Waals surface area contributed by atoms with Gasteiger partial charge in [-0.3, -0.25) is 9.59 Å². The van der Waals surface area contributed by atoms with Crippen molar-refractivity contribution < 1.29 is 23.9 Å². The summed E-state index contributed by atoms with van der Waals surface area (Å²) in [5, 5.41) is 3.32. The highest BCUT2D eigenvalue weighted by molar-refractivity contribution is 6.12. The lowest BCUT2D eigenvalue weighted by Crippen LogP contribution is -2.43. The van der Waals surface area contributed by atoms with Gasteiger partial charge >= 0.3 is 11.9 Å². The normalized spacial score (nSPS) is 25.9. The average molecular weight is 452 g/mol. The van der Waals surface area contributed by atoms with E-state index in [-0.39, 0.29) is 23.8 Å². The van der Waals surface area contributed by atoms with Gasteiger partial charge in [0.1, 0.15) is 12.0 Å². The van der Waals surface area contributed by atoms with E-state index in [0.717, 1.165) is 42.5 Å². The van der Waals surface area contributed by atoms with Crippen LogP contribution in [0.3, 0.4) is 0 Å². The average Bonchev–Trinajstić information content (AvgIpc) is 2.79. The number of ketones is 1. The Hall–Kier alpha value is -2.89. The van der Waals surface area contributed by atoms with Crippen molar-refractivity contribution >= 4 is 17.7 Å². The van der Waals surface area contributed by atoms with Gasteiger partial charge in [-0.2, -0.15) is 0 Å².